The van der Waals surface area contributed by atoms with Crippen LogP contribution in [-0.4, -0.2) is 22.5 Å². The van der Waals surface area contributed by atoms with E-state index in [0.29, 0.717) is 18.0 Å². The Bertz CT molecular complexity index is 802. The lowest BCUT2D eigenvalue weighted by molar-refractivity contribution is 0.275. The van der Waals surface area contributed by atoms with Crippen molar-refractivity contribution in [1.29, 1.82) is 0 Å². The molecule has 0 amide bonds. The zero-order valence-electron chi connectivity index (χ0n) is 14.5. The van der Waals surface area contributed by atoms with Crippen LogP contribution in [0.4, 0.5) is 10.1 Å². The summed E-state index contributed by atoms with van der Waals surface area (Å²) in [5, 5.41) is 9.79. The Hall–Kier alpha value is -1.91. The molecule has 0 atom stereocenters. The van der Waals surface area contributed by atoms with E-state index in [1.807, 2.05) is 0 Å². The van der Waals surface area contributed by atoms with Crippen molar-refractivity contribution in [2.24, 2.45) is 0 Å². The number of fused-ring (bicyclic) bond motifs is 1. The summed E-state index contributed by atoms with van der Waals surface area (Å²) in [7, 11) is 0. The van der Waals surface area contributed by atoms with Gasteiger partial charge in [0.15, 0.2) is 0 Å². The Morgan fingerprint density at radius 3 is 2.64 bits per heavy atom. The van der Waals surface area contributed by atoms with E-state index in [2.05, 4.69) is 31.4 Å². The monoisotopic (exact) mass is 360 g/mol. The predicted octanol–water partition coefficient (Wildman–Crippen LogP) is 4.15. The molecule has 1 aromatic carbocycles. The number of aromatic nitrogens is 1. The average molecular weight is 361 g/mol. The first-order chi connectivity index (χ1) is 11.9. The number of allylic oxidation sites excluding steroid dienone is 1. The van der Waals surface area contributed by atoms with Crippen molar-refractivity contribution < 1.29 is 9.50 Å². The number of alkyl halides is 1. The van der Waals surface area contributed by atoms with E-state index in [1.165, 1.54) is 12.1 Å². The number of rotatable bonds is 5. The second-order valence-corrected chi connectivity index (χ2v) is 7.36. The summed E-state index contributed by atoms with van der Waals surface area (Å²) in [5.74, 6) is 0.0921. The van der Waals surface area contributed by atoms with Crippen LogP contribution in [0.15, 0.2) is 42.6 Å². The molecule has 1 aliphatic heterocycles. The largest absolute Gasteiger partial charge is 0.390 e. The third-order valence-corrected chi connectivity index (χ3v) is 4.96. The van der Waals surface area contributed by atoms with Gasteiger partial charge in [0.1, 0.15) is 5.82 Å². The summed E-state index contributed by atoms with van der Waals surface area (Å²) < 4.78 is 13.1. The van der Waals surface area contributed by atoms with Crippen LogP contribution in [0.5, 0.6) is 0 Å². The zero-order chi connectivity index (χ0) is 18.2. The molecule has 25 heavy (non-hydrogen) atoms. The van der Waals surface area contributed by atoms with E-state index in [4.69, 9.17) is 16.6 Å². The van der Waals surface area contributed by atoms with Gasteiger partial charge in [-0.25, -0.2) is 4.39 Å². The molecule has 0 radical (unpaired) electrons. The average Bonchev–Trinajstić information content (AvgIpc) is 2.86. The lowest BCUT2D eigenvalue weighted by Crippen LogP contribution is -2.28. The van der Waals surface area contributed by atoms with Crippen LogP contribution < -0.4 is 4.90 Å². The highest BCUT2D eigenvalue weighted by molar-refractivity contribution is 6.19. The molecule has 0 aliphatic carbocycles. The van der Waals surface area contributed by atoms with E-state index in [0.717, 1.165) is 34.8 Å². The van der Waals surface area contributed by atoms with E-state index >= 15 is 0 Å². The molecule has 0 unspecified atom stereocenters. The molecule has 0 saturated carbocycles. The zero-order valence-corrected chi connectivity index (χ0v) is 15.3. The molecule has 132 valence electrons. The number of aliphatic hydroxyl groups is 1. The summed E-state index contributed by atoms with van der Waals surface area (Å²) in [5.41, 5.74) is 5.18. The number of halogens is 2. The van der Waals surface area contributed by atoms with Crippen molar-refractivity contribution in [2.75, 3.05) is 17.3 Å². The summed E-state index contributed by atoms with van der Waals surface area (Å²) in [4.78, 5) is 6.86. The third kappa shape index (κ3) is 3.42. The van der Waals surface area contributed by atoms with Gasteiger partial charge in [0.05, 0.1) is 29.6 Å². The van der Waals surface area contributed by atoms with Crippen molar-refractivity contribution in [3.05, 3.63) is 70.9 Å². The highest BCUT2D eigenvalue weighted by atomic mass is 35.5. The molecule has 0 spiro atoms. The van der Waals surface area contributed by atoms with Gasteiger partial charge in [-0.3, -0.25) is 4.98 Å². The quantitative estimate of drug-likeness (QED) is 0.813. The Morgan fingerprint density at radius 2 is 2.04 bits per heavy atom. The molecule has 2 heterocycles. The number of nitrogens with zero attached hydrogens (tertiary/aromatic N) is 2. The summed E-state index contributed by atoms with van der Waals surface area (Å²) in [6.07, 6.45) is 0.581. The molecule has 3 nitrogen and oxygen atoms in total. The maximum absolute atomic E-state index is 13.1. The number of benzene rings is 1. The second-order valence-electron chi connectivity index (χ2n) is 7.09. The molecule has 5 heteroatoms. The molecular weight excluding hydrogens is 339 g/mol. The van der Waals surface area contributed by atoms with Crippen molar-refractivity contribution >= 4 is 17.3 Å². The summed E-state index contributed by atoms with van der Waals surface area (Å²) >= 11 is 6.00. The van der Waals surface area contributed by atoms with Gasteiger partial charge in [0.25, 0.3) is 0 Å². The van der Waals surface area contributed by atoms with Crippen LogP contribution in [0, 0.1) is 5.82 Å². The summed E-state index contributed by atoms with van der Waals surface area (Å²) in [6, 6.07) is 8.45. The maximum Gasteiger partial charge on any atom is 0.123 e. The molecule has 3 rings (SSSR count). The minimum Gasteiger partial charge on any atom is -0.390 e. The number of pyridine rings is 1. The van der Waals surface area contributed by atoms with Crippen LogP contribution in [-0.2, 0) is 18.4 Å². The van der Waals surface area contributed by atoms with E-state index in [1.54, 1.807) is 12.1 Å². The first-order valence-corrected chi connectivity index (χ1v) is 8.79. The van der Waals surface area contributed by atoms with Crippen LogP contribution in [0.3, 0.4) is 0 Å². The Balaban J connectivity index is 2.05. The standard InChI is InChI=1S/C20H22ClFN2O/c1-13(10-21)24-12-20(2,3)19-18(24)9-15(17(11-25)23-19)8-14-4-6-16(22)7-5-14/h4-7,9,25H,1,8,10-12H2,2-3H3. The van der Waals surface area contributed by atoms with Gasteiger partial charge in [0.2, 0.25) is 0 Å². The normalized spacial score (nSPS) is 15.3. The lowest BCUT2D eigenvalue weighted by Gasteiger charge is -2.22. The first-order valence-electron chi connectivity index (χ1n) is 8.25. The molecule has 0 bridgehead atoms. The molecule has 0 fully saturated rings. The first kappa shape index (κ1) is 17.9. The number of hydrogen-bond donors (Lipinski definition) is 1. The van der Waals surface area contributed by atoms with E-state index < -0.39 is 0 Å². The fraction of sp³-hybridized carbons (Fsp3) is 0.350. The Morgan fingerprint density at radius 1 is 1.36 bits per heavy atom. The van der Waals surface area contributed by atoms with Crippen LogP contribution >= 0.6 is 11.6 Å². The van der Waals surface area contributed by atoms with E-state index in [9.17, 15) is 9.50 Å². The topological polar surface area (TPSA) is 36.4 Å². The van der Waals surface area contributed by atoms with Crippen molar-refractivity contribution in [3.63, 3.8) is 0 Å². The van der Waals surface area contributed by atoms with Gasteiger partial charge >= 0.3 is 0 Å². The molecule has 2 aromatic rings. The van der Waals surface area contributed by atoms with Crippen molar-refractivity contribution in [1.82, 2.24) is 4.98 Å². The maximum atomic E-state index is 13.1. The smallest absolute Gasteiger partial charge is 0.123 e. The minimum absolute atomic E-state index is 0.129. The van der Waals surface area contributed by atoms with Gasteiger partial charge in [-0.15, -0.1) is 11.6 Å². The van der Waals surface area contributed by atoms with Crippen LogP contribution in [0.2, 0.25) is 0 Å². The van der Waals surface area contributed by atoms with Gasteiger partial charge in [-0.1, -0.05) is 32.6 Å². The fourth-order valence-electron chi connectivity index (χ4n) is 3.31. The van der Waals surface area contributed by atoms with E-state index in [-0.39, 0.29) is 17.8 Å². The second kappa shape index (κ2) is 6.77. The third-order valence-electron chi connectivity index (χ3n) is 4.65. The number of anilines is 1. The molecule has 1 N–H and O–H groups in total. The molecule has 0 saturated heterocycles. The number of hydrogen-bond acceptors (Lipinski definition) is 3. The Labute approximate surface area is 152 Å². The lowest BCUT2D eigenvalue weighted by atomic mass is 9.90. The van der Waals surface area contributed by atoms with Gasteiger partial charge in [-0.2, -0.15) is 0 Å². The van der Waals surface area contributed by atoms with Crippen LogP contribution in [0.25, 0.3) is 0 Å². The molecular formula is C20H22ClFN2O. The van der Waals surface area contributed by atoms with Gasteiger partial charge in [-0.05, 0) is 35.7 Å². The predicted molar refractivity (Wildman–Crippen MR) is 99.6 cm³/mol. The Kier molecular flexibility index (Phi) is 4.85. The van der Waals surface area contributed by atoms with Gasteiger partial charge in [0, 0.05) is 17.7 Å². The van der Waals surface area contributed by atoms with Crippen molar-refractivity contribution in [2.45, 2.75) is 32.3 Å². The molecule has 1 aliphatic rings. The highest BCUT2D eigenvalue weighted by Crippen LogP contribution is 2.42. The molecule has 1 aromatic heterocycles. The number of aliphatic hydroxyl groups excluding tert-OH is 1. The minimum atomic E-state index is -0.260. The SMILES string of the molecule is C=C(CCl)N1CC(C)(C)c2nc(CO)c(Cc3ccc(F)cc3)cc21. The fourth-order valence-corrected chi connectivity index (χ4v) is 3.45. The summed E-state index contributed by atoms with van der Waals surface area (Å²) in [6.45, 7) is 8.94. The van der Waals surface area contributed by atoms with Gasteiger partial charge < -0.3 is 10.0 Å². The van der Waals surface area contributed by atoms with Crippen molar-refractivity contribution in [3.8, 4) is 0 Å². The highest BCUT2D eigenvalue weighted by Gasteiger charge is 2.38. The van der Waals surface area contributed by atoms with Crippen LogP contribution in [0.1, 0.15) is 36.4 Å².